The number of hydrogen-bond acceptors (Lipinski definition) is 5. The predicted octanol–water partition coefficient (Wildman–Crippen LogP) is 4.80. The summed E-state index contributed by atoms with van der Waals surface area (Å²) in [6.45, 7) is 2.27. The molecule has 26 heavy (non-hydrogen) atoms. The number of rotatable bonds is 5. The van der Waals surface area contributed by atoms with Gasteiger partial charge in [-0.15, -0.1) is 11.3 Å². The fourth-order valence-electron chi connectivity index (χ4n) is 3.19. The topological polar surface area (TPSA) is 67.7 Å². The lowest BCUT2D eigenvalue weighted by molar-refractivity contribution is 0.0948. The van der Waals surface area contributed by atoms with Crippen LogP contribution in [0.1, 0.15) is 50.9 Å². The minimum atomic E-state index is -0.0939. The molecule has 0 atom stereocenters. The first kappa shape index (κ1) is 16.8. The Hall–Kier alpha value is -2.60. The van der Waals surface area contributed by atoms with Crippen LogP contribution in [0.3, 0.4) is 0 Å². The Morgan fingerprint density at radius 3 is 2.96 bits per heavy atom. The second kappa shape index (κ2) is 7.33. The summed E-state index contributed by atoms with van der Waals surface area (Å²) in [4.78, 5) is 18.7. The van der Waals surface area contributed by atoms with Crippen molar-refractivity contribution >= 4 is 28.5 Å². The molecule has 0 radical (unpaired) electrons. The summed E-state index contributed by atoms with van der Waals surface area (Å²) in [6, 6.07) is 7.44. The van der Waals surface area contributed by atoms with Crippen LogP contribution in [0.2, 0.25) is 0 Å². The molecule has 0 unspecified atom stereocenters. The van der Waals surface area contributed by atoms with Crippen molar-refractivity contribution in [2.45, 2.75) is 39.2 Å². The van der Waals surface area contributed by atoms with E-state index >= 15 is 0 Å². The number of hydrogen-bond donors (Lipinski definition) is 1. The number of amides is 1. The second-order valence-corrected chi connectivity index (χ2v) is 7.44. The van der Waals surface area contributed by atoms with E-state index in [0.29, 0.717) is 17.9 Å². The Kier molecular flexibility index (Phi) is 4.75. The van der Waals surface area contributed by atoms with Crippen LogP contribution in [0.25, 0.3) is 0 Å². The molecule has 1 amide bonds. The predicted molar refractivity (Wildman–Crippen MR) is 102 cm³/mol. The molecule has 1 N–H and O–H groups in total. The lowest BCUT2D eigenvalue weighted by atomic mass is 9.95. The lowest BCUT2D eigenvalue weighted by Crippen LogP contribution is -2.23. The van der Waals surface area contributed by atoms with Crippen molar-refractivity contribution in [2.24, 2.45) is 4.99 Å². The number of carbonyl (C=O) groups excluding carboxylic acids is 1. The average Bonchev–Trinajstić information content (AvgIpc) is 3.37. The highest BCUT2D eigenvalue weighted by atomic mass is 32.1. The van der Waals surface area contributed by atoms with E-state index in [0.717, 1.165) is 41.3 Å². The van der Waals surface area contributed by atoms with Crippen LogP contribution in [-0.2, 0) is 19.4 Å². The first-order valence-electron chi connectivity index (χ1n) is 8.76. The molecule has 134 valence electrons. The van der Waals surface area contributed by atoms with E-state index in [2.05, 4.69) is 10.3 Å². The van der Waals surface area contributed by atoms with Gasteiger partial charge in [0.25, 0.3) is 5.91 Å². The summed E-state index contributed by atoms with van der Waals surface area (Å²) in [5, 5.41) is 3.71. The van der Waals surface area contributed by atoms with Crippen molar-refractivity contribution in [1.29, 1.82) is 0 Å². The Morgan fingerprint density at radius 1 is 1.31 bits per heavy atom. The molecule has 0 saturated carbocycles. The zero-order valence-electron chi connectivity index (χ0n) is 14.6. The zero-order valence-corrected chi connectivity index (χ0v) is 15.4. The van der Waals surface area contributed by atoms with E-state index in [1.807, 2.05) is 31.2 Å². The number of nitrogens with zero attached hydrogens (tertiary/aromatic N) is 1. The van der Waals surface area contributed by atoms with Crippen LogP contribution in [0.5, 0.6) is 0 Å². The number of aryl methyl sites for hydroxylation is 2. The Morgan fingerprint density at radius 2 is 2.19 bits per heavy atom. The fraction of sp³-hybridized carbons (Fsp3) is 0.300. The van der Waals surface area contributed by atoms with Crippen molar-refractivity contribution in [3.63, 3.8) is 0 Å². The third kappa shape index (κ3) is 3.51. The molecule has 1 aliphatic rings. The van der Waals surface area contributed by atoms with Crippen LogP contribution >= 0.6 is 11.3 Å². The summed E-state index contributed by atoms with van der Waals surface area (Å²) in [7, 11) is 0. The number of carbonyl (C=O) groups is 1. The van der Waals surface area contributed by atoms with E-state index in [4.69, 9.17) is 8.83 Å². The molecule has 6 heteroatoms. The van der Waals surface area contributed by atoms with Gasteiger partial charge in [-0.3, -0.25) is 4.79 Å². The van der Waals surface area contributed by atoms with E-state index in [-0.39, 0.29) is 5.91 Å². The SMILES string of the molecule is Cc1ccc(C=Nc2sc3c(c2C(=O)NCc2ccco2)CCCC3)o1. The Labute approximate surface area is 155 Å². The van der Waals surface area contributed by atoms with E-state index in [1.165, 1.54) is 11.3 Å². The standard InChI is InChI=1S/C20H20N2O3S/c1-13-8-9-15(25-13)12-22-20-18(16-6-2-3-7-17(16)26-20)19(23)21-11-14-5-4-10-24-14/h4-5,8-10,12H,2-3,6-7,11H2,1H3,(H,21,23). The van der Waals surface area contributed by atoms with Crippen molar-refractivity contribution in [1.82, 2.24) is 5.32 Å². The third-order valence-corrected chi connectivity index (χ3v) is 5.65. The monoisotopic (exact) mass is 368 g/mol. The van der Waals surface area contributed by atoms with Crippen LogP contribution in [0, 0.1) is 6.92 Å². The molecule has 4 rings (SSSR count). The van der Waals surface area contributed by atoms with Gasteiger partial charge in [0.15, 0.2) is 0 Å². The molecule has 0 fully saturated rings. The second-order valence-electron chi connectivity index (χ2n) is 6.36. The highest BCUT2D eigenvalue weighted by Gasteiger charge is 2.25. The van der Waals surface area contributed by atoms with E-state index < -0.39 is 0 Å². The number of thiophene rings is 1. The highest BCUT2D eigenvalue weighted by Crippen LogP contribution is 2.39. The van der Waals surface area contributed by atoms with Gasteiger partial charge in [-0.05, 0) is 62.4 Å². The van der Waals surface area contributed by atoms with Crippen molar-refractivity contribution < 1.29 is 13.6 Å². The number of furan rings is 2. The molecule has 0 spiro atoms. The molecular weight excluding hydrogens is 348 g/mol. The Bertz CT molecular complexity index is 935. The summed E-state index contributed by atoms with van der Waals surface area (Å²) in [6.07, 6.45) is 7.53. The van der Waals surface area contributed by atoms with Gasteiger partial charge in [-0.25, -0.2) is 4.99 Å². The minimum Gasteiger partial charge on any atom is -0.467 e. The largest absolute Gasteiger partial charge is 0.467 e. The van der Waals surface area contributed by atoms with Gasteiger partial charge in [0.2, 0.25) is 0 Å². The van der Waals surface area contributed by atoms with Crippen molar-refractivity contribution in [3.8, 4) is 0 Å². The molecule has 1 aliphatic carbocycles. The molecule has 3 heterocycles. The molecule has 0 saturated heterocycles. The van der Waals surface area contributed by atoms with Gasteiger partial charge >= 0.3 is 0 Å². The number of fused-ring (bicyclic) bond motifs is 1. The van der Waals surface area contributed by atoms with Gasteiger partial charge in [0.05, 0.1) is 24.6 Å². The Balaban J connectivity index is 1.61. The normalized spacial score (nSPS) is 13.9. The highest BCUT2D eigenvalue weighted by molar-refractivity contribution is 7.16. The number of aliphatic imine (C=N–C) groups is 1. The van der Waals surface area contributed by atoms with Crippen LogP contribution in [0.4, 0.5) is 5.00 Å². The quantitative estimate of drug-likeness (QED) is 0.658. The minimum absolute atomic E-state index is 0.0939. The van der Waals surface area contributed by atoms with Gasteiger partial charge in [0, 0.05) is 4.88 Å². The third-order valence-electron chi connectivity index (χ3n) is 4.45. The summed E-state index contributed by atoms with van der Waals surface area (Å²) < 4.78 is 10.8. The lowest BCUT2D eigenvalue weighted by Gasteiger charge is -2.12. The maximum atomic E-state index is 12.9. The maximum absolute atomic E-state index is 12.9. The van der Waals surface area contributed by atoms with Gasteiger partial charge < -0.3 is 14.2 Å². The van der Waals surface area contributed by atoms with Gasteiger partial charge in [0.1, 0.15) is 22.3 Å². The first-order valence-corrected chi connectivity index (χ1v) is 9.58. The van der Waals surface area contributed by atoms with E-state index in [1.54, 1.807) is 23.8 Å². The van der Waals surface area contributed by atoms with Crippen molar-refractivity contribution in [2.75, 3.05) is 0 Å². The molecule has 3 aromatic heterocycles. The molecule has 0 bridgehead atoms. The summed E-state index contributed by atoms with van der Waals surface area (Å²) in [5.41, 5.74) is 1.86. The number of nitrogens with one attached hydrogen (secondary N) is 1. The molecule has 3 aromatic rings. The smallest absolute Gasteiger partial charge is 0.255 e. The van der Waals surface area contributed by atoms with Gasteiger partial charge in [-0.1, -0.05) is 0 Å². The van der Waals surface area contributed by atoms with Crippen LogP contribution in [0.15, 0.2) is 44.4 Å². The average molecular weight is 368 g/mol. The summed E-state index contributed by atoms with van der Waals surface area (Å²) >= 11 is 1.62. The first-order chi connectivity index (χ1) is 12.7. The zero-order chi connectivity index (χ0) is 17.9. The molecule has 0 aliphatic heterocycles. The van der Waals surface area contributed by atoms with Crippen LogP contribution < -0.4 is 5.32 Å². The van der Waals surface area contributed by atoms with Crippen molar-refractivity contribution in [3.05, 3.63) is 63.8 Å². The fourth-order valence-corrected chi connectivity index (χ4v) is 4.42. The molecule has 5 nitrogen and oxygen atoms in total. The summed E-state index contributed by atoms with van der Waals surface area (Å²) in [5.74, 6) is 2.17. The molecule has 0 aromatic carbocycles. The molecular formula is C20H20N2O3S. The van der Waals surface area contributed by atoms with E-state index in [9.17, 15) is 4.79 Å². The maximum Gasteiger partial charge on any atom is 0.255 e. The van der Waals surface area contributed by atoms with Gasteiger partial charge in [-0.2, -0.15) is 0 Å². The van der Waals surface area contributed by atoms with Crippen LogP contribution in [-0.4, -0.2) is 12.1 Å².